The third kappa shape index (κ3) is 17.1. The second-order valence-electron chi connectivity index (χ2n) is 30.6. The number of aryl methyl sites for hydroxylation is 2. The zero-order valence-electron chi connectivity index (χ0n) is 67.7. The van der Waals surface area contributed by atoms with Crippen LogP contribution in [0.25, 0.3) is 177 Å². The minimum absolute atomic E-state index is 0. The lowest BCUT2D eigenvalue weighted by Crippen LogP contribution is -1.93. The maximum atomic E-state index is 3.95. The van der Waals surface area contributed by atoms with Gasteiger partial charge >= 0.3 is 0 Å². The van der Waals surface area contributed by atoms with Crippen LogP contribution in [0.4, 0.5) is 0 Å². The lowest BCUT2D eigenvalue weighted by Gasteiger charge is -2.19. The summed E-state index contributed by atoms with van der Waals surface area (Å²) in [4.78, 5) is 0. The van der Waals surface area contributed by atoms with Gasteiger partial charge in [0.05, 0.1) is 0 Å². The van der Waals surface area contributed by atoms with Gasteiger partial charge in [0.1, 0.15) is 0 Å². The monoisotopic (exact) mass is 1620 g/mol. The molecule has 19 rings (SSSR count). The Morgan fingerprint density at radius 1 is 0.221 bits per heavy atom. The highest BCUT2D eigenvalue weighted by molar-refractivity contribution is 9.10. The van der Waals surface area contributed by atoms with Gasteiger partial charge in [0.2, 0.25) is 0 Å². The van der Waals surface area contributed by atoms with Crippen LogP contribution in [0.5, 0.6) is 0 Å². The van der Waals surface area contributed by atoms with E-state index in [2.05, 4.69) is 496 Å². The zero-order valence-corrected chi connectivity index (χ0v) is 69.3. The van der Waals surface area contributed by atoms with E-state index in [0.717, 1.165) is 49.0 Å². The summed E-state index contributed by atoms with van der Waals surface area (Å²) in [6.45, 7) is 7.86. The first-order valence-electron chi connectivity index (χ1n) is 41.0. The highest BCUT2D eigenvalue weighted by atomic mass is 79.9. The fourth-order valence-electron chi connectivity index (χ4n) is 16.6. The third-order valence-corrected chi connectivity index (χ3v) is 23.6. The van der Waals surface area contributed by atoms with Crippen molar-refractivity contribution in [3.8, 4) is 170 Å². The number of hydrogen-bond donors (Lipinski definition) is 0. The van der Waals surface area contributed by atoms with Crippen molar-refractivity contribution >= 4 is 70.7 Å². The van der Waals surface area contributed by atoms with E-state index in [4.69, 9.17) is 0 Å². The Morgan fingerprint density at radius 2 is 0.443 bits per heavy atom. The Balaban J connectivity index is 0.000000181. The molecule has 0 N–H and O–H groups in total. The molecule has 0 aliphatic rings. The highest BCUT2D eigenvalue weighted by Gasteiger charge is 2.21. The molecule has 0 heterocycles. The molecular formula is C121H85Br. The predicted octanol–water partition coefficient (Wildman–Crippen LogP) is 32.7. The van der Waals surface area contributed by atoms with Crippen molar-refractivity contribution < 1.29 is 0 Å². The van der Waals surface area contributed by atoms with Crippen molar-refractivity contribution in [3.63, 3.8) is 0 Å². The van der Waals surface area contributed by atoms with E-state index in [1.165, 1.54) is 165 Å². The molecule has 19 aromatic carbocycles. The van der Waals surface area contributed by atoms with E-state index in [9.17, 15) is 0 Å². The van der Waals surface area contributed by atoms with E-state index < -0.39 is 0 Å². The summed E-state index contributed by atoms with van der Waals surface area (Å²) in [7, 11) is 0. The molecule has 0 aliphatic carbocycles. The maximum absolute atomic E-state index is 3.95. The molecular weight excluding hydrogens is 1530 g/mol. The van der Waals surface area contributed by atoms with Crippen molar-refractivity contribution in [2.75, 3.05) is 0 Å². The van der Waals surface area contributed by atoms with Crippen LogP contribution >= 0.6 is 15.9 Å². The van der Waals surface area contributed by atoms with Gasteiger partial charge in [-0.1, -0.05) is 394 Å². The van der Waals surface area contributed by atoms with Crippen molar-refractivity contribution in [1.29, 1.82) is 0 Å². The number of rotatable bonds is 14. The van der Waals surface area contributed by atoms with Crippen LogP contribution in [0.15, 0.2) is 417 Å². The van der Waals surface area contributed by atoms with Crippen LogP contribution in [0.1, 0.15) is 60.2 Å². The van der Waals surface area contributed by atoms with Crippen LogP contribution in [0, 0.1) is 61.2 Å². The smallest absolute Gasteiger partial charge is 0.0332 e. The van der Waals surface area contributed by atoms with E-state index in [1.807, 2.05) is 0 Å². The summed E-state index contributed by atoms with van der Waals surface area (Å²) in [5.41, 5.74) is 35.3. The minimum atomic E-state index is 0. The first kappa shape index (κ1) is 79.2. The topological polar surface area (TPSA) is 0 Å². The van der Waals surface area contributed by atoms with Gasteiger partial charge in [-0.3, -0.25) is 0 Å². The molecule has 0 amide bonds. The summed E-state index contributed by atoms with van der Waals surface area (Å²) in [6, 6.07) is 150. The Labute approximate surface area is 726 Å². The Kier molecular flexibility index (Phi) is 23.5. The molecule has 0 saturated heterocycles. The lowest BCUT2D eigenvalue weighted by molar-refractivity contribution is 1.47. The SMILES string of the molecule is C.CC#CC#Cc1ccc(-c2ccc(-c3cc(-c4ccc(-c5ccc(C)cc5)cc4)cc(-c4c5ccccc5c(-c5ccc(C=C(c6ccccc6)c6ccccc6)cc5)c5ccccc45)c3)cc2)cc1.CC#CC#Cc1ccc(-c2ccc(-c3cc(-c4ccc(-c5ccc(C)cc5)cc4)cc(-c4c5ccccc5c(Br)c5ccccc45)c3)cc2)cc1. The fraction of sp³-hybridized carbons (Fsp3) is 0.0413. The second-order valence-corrected chi connectivity index (χ2v) is 31.4. The predicted molar refractivity (Wildman–Crippen MR) is 527 cm³/mol. The molecule has 0 atom stereocenters. The van der Waals surface area contributed by atoms with Crippen molar-refractivity contribution in [3.05, 3.63) is 456 Å². The first-order chi connectivity index (χ1) is 59.6. The van der Waals surface area contributed by atoms with Gasteiger partial charge in [-0.05, 0) is 322 Å². The maximum Gasteiger partial charge on any atom is 0.0332 e. The van der Waals surface area contributed by atoms with Crippen LogP contribution < -0.4 is 0 Å². The van der Waals surface area contributed by atoms with Gasteiger partial charge in [-0.15, -0.1) is 0 Å². The van der Waals surface area contributed by atoms with Gasteiger partial charge in [-0.25, -0.2) is 0 Å². The van der Waals surface area contributed by atoms with Gasteiger partial charge < -0.3 is 0 Å². The van der Waals surface area contributed by atoms with Crippen molar-refractivity contribution in [2.45, 2.75) is 35.1 Å². The summed E-state index contributed by atoms with van der Waals surface area (Å²) >= 11 is 3.95. The lowest BCUT2D eigenvalue weighted by atomic mass is 9.84. The molecule has 0 nitrogen and oxygen atoms in total. The van der Waals surface area contributed by atoms with Gasteiger partial charge in [-0.2, -0.15) is 0 Å². The molecule has 576 valence electrons. The highest BCUT2D eigenvalue weighted by Crippen LogP contribution is 2.48. The molecule has 0 aromatic heterocycles. The first-order valence-corrected chi connectivity index (χ1v) is 41.8. The average molecular weight is 1620 g/mol. The molecule has 0 saturated carbocycles. The number of fused-ring (bicyclic) bond motifs is 4. The van der Waals surface area contributed by atoms with E-state index in [1.54, 1.807) is 13.8 Å². The van der Waals surface area contributed by atoms with E-state index in [-0.39, 0.29) is 7.43 Å². The van der Waals surface area contributed by atoms with Crippen LogP contribution in [0.2, 0.25) is 0 Å². The number of halogens is 1. The van der Waals surface area contributed by atoms with E-state index >= 15 is 0 Å². The van der Waals surface area contributed by atoms with Crippen LogP contribution in [-0.2, 0) is 0 Å². The molecule has 19 aromatic rings. The number of hydrogen-bond acceptors (Lipinski definition) is 0. The fourth-order valence-corrected chi connectivity index (χ4v) is 17.3. The largest absolute Gasteiger partial charge is 0.0925 e. The van der Waals surface area contributed by atoms with Crippen molar-refractivity contribution in [2.24, 2.45) is 0 Å². The van der Waals surface area contributed by atoms with Gasteiger partial charge in [0, 0.05) is 15.6 Å². The normalized spacial score (nSPS) is 10.7. The standard InChI is InChI=1S/C70H48.C50H33Br.CH4/c1-3-4-7-16-50-27-33-53(34-28-50)55-39-43-57(44-40-55)62-46-61(56-41-37-54(38-42-56)52-31-25-49(2)26-32-52)47-63(48-62)70-66-23-14-12-21-64(66)69(65-22-13-15-24-67(65)70)60-35-29-51(30-36-60)45-68(58-17-8-5-9-18-58)59-19-10-6-11-20-59;1-3-4-5-10-35-17-21-37(22-18-35)39-25-29-41(30-26-39)43-31-42(40-27-23-38(24-28-40)36-19-15-34(2)16-20-36)32-44(33-43)49-45-11-6-8-13-47(45)50(51)48-14-9-7-12-46(48)49;/h5-6,8-15,17-48H,1-2H3;6-9,11-33H,1-2H3;1H4. The molecule has 0 radical (unpaired) electrons. The average Bonchev–Trinajstić information content (AvgIpc) is 0.743. The molecule has 122 heavy (non-hydrogen) atoms. The third-order valence-electron chi connectivity index (χ3n) is 22.8. The van der Waals surface area contributed by atoms with Gasteiger partial charge in [0.25, 0.3) is 0 Å². The summed E-state index contributed by atoms with van der Waals surface area (Å²) in [6.07, 6.45) is 2.31. The van der Waals surface area contributed by atoms with Crippen LogP contribution in [-0.4, -0.2) is 0 Å². The van der Waals surface area contributed by atoms with E-state index in [0.29, 0.717) is 0 Å². The van der Waals surface area contributed by atoms with Crippen molar-refractivity contribution in [1.82, 2.24) is 0 Å². The molecule has 0 unspecified atom stereocenters. The Morgan fingerprint density at radius 3 is 0.730 bits per heavy atom. The summed E-state index contributed by atoms with van der Waals surface area (Å²) in [5, 5.41) is 9.76. The minimum Gasteiger partial charge on any atom is -0.0925 e. The zero-order chi connectivity index (χ0) is 82.0. The molecule has 0 spiro atoms. The second kappa shape index (κ2) is 36.3. The molecule has 0 aliphatic heterocycles. The molecule has 0 bridgehead atoms. The number of benzene rings is 19. The van der Waals surface area contributed by atoms with Crippen LogP contribution in [0.3, 0.4) is 0 Å². The Hall–Kier alpha value is -15.3. The molecule has 1 heteroatoms. The summed E-state index contributed by atoms with van der Waals surface area (Å²) in [5.74, 6) is 23.3. The quantitative estimate of drug-likeness (QED) is 0.0578. The molecule has 0 fully saturated rings. The van der Waals surface area contributed by atoms with Gasteiger partial charge in [0.15, 0.2) is 0 Å². The Bertz CT molecular complexity index is 7220. The summed E-state index contributed by atoms with van der Waals surface area (Å²) < 4.78 is 1.13.